The lowest BCUT2D eigenvalue weighted by molar-refractivity contribution is 0.601. The van der Waals surface area contributed by atoms with Gasteiger partial charge >= 0.3 is 0 Å². The highest BCUT2D eigenvalue weighted by Crippen LogP contribution is 2.24. The van der Waals surface area contributed by atoms with Gasteiger partial charge in [-0.15, -0.1) is 5.10 Å². The van der Waals surface area contributed by atoms with E-state index in [0.717, 1.165) is 11.5 Å². The van der Waals surface area contributed by atoms with Gasteiger partial charge in [0.05, 0.1) is 11.1 Å². The maximum atomic E-state index is 11.9. The Morgan fingerprint density at radius 1 is 1.41 bits per heavy atom. The fraction of sp³-hybridized carbons (Fsp3) is 0. The number of nitrogen functional groups attached to an aromatic ring is 1. The highest BCUT2D eigenvalue weighted by Gasteiger charge is 2.16. The van der Waals surface area contributed by atoms with E-state index >= 15 is 0 Å². The second-order valence-electron chi connectivity index (χ2n) is 3.07. The quantitative estimate of drug-likeness (QED) is 0.832. The van der Waals surface area contributed by atoms with E-state index in [2.05, 4.69) is 30.2 Å². The van der Waals surface area contributed by atoms with Gasteiger partial charge in [0.1, 0.15) is 5.00 Å². The minimum Gasteiger partial charge on any atom is -0.398 e. The second kappa shape index (κ2) is 4.59. The molecule has 0 aliphatic heterocycles. The van der Waals surface area contributed by atoms with E-state index in [9.17, 15) is 8.42 Å². The van der Waals surface area contributed by atoms with Crippen LogP contribution in [0.25, 0.3) is 0 Å². The van der Waals surface area contributed by atoms with Crippen molar-refractivity contribution in [2.24, 2.45) is 0 Å². The van der Waals surface area contributed by atoms with Crippen LogP contribution in [0.1, 0.15) is 0 Å². The number of hydrogen-bond acceptors (Lipinski definition) is 6. The van der Waals surface area contributed by atoms with Gasteiger partial charge in [-0.05, 0) is 34.1 Å². The van der Waals surface area contributed by atoms with Crippen LogP contribution in [0.15, 0.2) is 33.8 Å². The molecule has 0 bridgehead atoms. The van der Waals surface area contributed by atoms with Crippen LogP contribution in [0.5, 0.6) is 0 Å². The fourth-order valence-corrected chi connectivity index (χ4v) is 3.06. The molecule has 90 valence electrons. The van der Waals surface area contributed by atoms with Crippen molar-refractivity contribution in [2.45, 2.75) is 4.90 Å². The van der Waals surface area contributed by atoms with Gasteiger partial charge in [0, 0.05) is 21.7 Å². The van der Waals surface area contributed by atoms with Crippen LogP contribution in [0.3, 0.4) is 0 Å². The molecule has 1 heterocycles. The molecule has 0 amide bonds. The van der Waals surface area contributed by atoms with Crippen molar-refractivity contribution < 1.29 is 8.42 Å². The average Bonchev–Trinajstić information content (AvgIpc) is 2.73. The van der Waals surface area contributed by atoms with Crippen LogP contribution in [0.2, 0.25) is 0 Å². The van der Waals surface area contributed by atoms with Crippen LogP contribution >= 0.6 is 27.5 Å². The Labute approximate surface area is 110 Å². The molecule has 0 fully saturated rings. The maximum Gasteiger partial charge on any atom is 0.262 e. The van der Waals surface area contributed by atoms with E-state index in [4.69, 9.17) is 5.73 Å². The van der Waals surface area contributed by atoms with Crippen molar-refractivity contribution in [3.8, 4) is 0 Å². The minimum atomic E-state index is -3.64. The number of halogens is 1. The zero-order chi connectivity index (χ0) is 12.5. The van der Waals surface area contributed by atoms with Crippen LogP contribution in [-0.2, 0) is 10.0 Å². The Kier molecular flexibility index (Phi) is 3.31. The number of anilines is 2. The SMILES string of the molecule is Nc1cc(S(=O)(=O)Nc2cnns2)ccc1Br. The van der Waals surface area contributed by atoms with Crippen LogP contribution < -0.4 is 10.5 Å². The molecule has 0 atom stereocenters. The van der Waals surface area contributed by atoms with Gasteiger partial charge < -0.3 is 5.73 Å². The van der Waals surface area contributed by atoms with Gasteiger partial charge in [-0.2, -0.15) is 0 Å². The lowest BCUT2D eigenvalue weighted by Crippen LogP contribution is -2.12. The molecule has 6 nitrogen and oxygen atoms in total. The molecule has 0 spiro atoms. The zero-order valence-electron chi connectivity index (χ0n) is 8.29. The number of benzene rings is 1. The van der Waals surface area contributed by atoms with Gasteiger partial charge in [0.25, 0.3) is 10.0 Å². The van der Waals surface area contributed by atoms with Gasteiger partial charge in [-0.1, -0.05) is 4.49 Å². The third-order valence-corrected chi connectivity index (χ3v) is 4.67. The highest BCUT2D eigenvalue weighted by atomic mass is 79.9. The van der Waals surface area contributed by atoms with Gasteiger partial charge in [-0.3, -0.25) is 4.72 Å². The predicted octanol–water partition coefficient (Wildman–Crippen LogP) is 1.68. The Morgan fingerprint density at radius 3 is 2.76 bits per heavy atom. The molecule has 1 aromatic carbocycles. The molecule has 2 rings (SSSR count). The summed E-state index contributed by atoms with van der Waals surface area (Å²) in [5.74, 6) is 0. The lowest BCUT2D eigenvalue weighted by atomic mass is 10.3. The smallest absolute Gasteiger partial charge is 0.262 e. The van der Waals surface area contributed by atoms with E-state index in [1.807, 2.05) is 0 Å². The van der Waals surface area contributed by atoms with E-state index in [1.54, 1.807) is 6.07 Å². The monoisotopic (exact) mass is 334 g/mol. The normalized spacial score (nSPS) is 11.4. The Balaban J connectivity index is 2.35. The Bertz CT molecular complexity index is 627. The fourth-order valence-electron chi connectivity index (χ4n) is 1.09. The van der Waals surface area contributed by atoms with E-state index in [1.165, 1.54) is 18.3 Å². The minimum absolute atomic E-state index is 0.0894. The summed E-state index contributed by atoms with van der Waals surface area (Å²) < 4.78 is 30.4. The Morgan fingerprint density at radius 2 is 2.18 bits per heavy atom. The molecular weight excluding hydrogens is 328 g/mol. The predicted molar refractivity (Wildman–Crippen MR) is 69.3 cm³/mol. The molecule has 0 aliphatic carbocycles. The third-order valence-electron chi connectivity index (χ3n) is 1.87. The first kappa shape index (κ1) is 12.3. The summed E-state index contributed by atoms with van der Waals surface area (Å²) >= 11 is 4.16. The number of rotatable bonds is 3. The number of sulfonamides is 1. The van der Waals surface area contributed by atoms with Crippen molar-refractivity contribution >= 4 is 48.2 Å². The molecule has 1 aromatic heterocycles. The maximum absolute atomic E-state index is 11.9. The first-order valence-corrected chi connectivity index (χ1v) is 7.39. The van der Waals surface area contributed by atoms with Gasteiger partial charge in [0.2, 0.25) is 0 Å². The molecule has 17 heavy (non-hydrogen) atoms. The number of aromatic nitrogens is 2. The molecule has 2 aromatic rings. The van der Waals surface area contributed by atoms with Gasteiger partial charge in [0.15, 0.2) is 0 Å². The topological polar surface area (TPSA) is 98.0 Å². The van der Waals surface area contributed by atoms with Crippen molar-refractivity contribution in [1.82, 2.24) is 9.59 Å². The van der Waals surface area contributed by atoms with E-state index < -0.39 is 10.0 Å². The van der Waals surface area contributed by atoms with E-state index in [-0.39, 0.29) is 4.90 Å². The zero-order valence-corrected chi connectivity index (χ0v) is 11.5. The number of nitrogens with one attached hydrogen (secondary N) is 1. The largest absolute Gasteiger partial charge is 0.398 e. The highest BCUT2D eigenvalue weighted by molar-refractivity contribution is 9.10. The van der Waals surface area contributed by atoms with E-state index in [0.29, 0.717) is 15.2 Å². The summed E-state index contributed by atoms with van der Waals surface area (Å²) in [5.41, 5.74) is 5.99. The van der Waals surface area contributed by atoms with Crippen molar-refractivity contribution in [1.29, 1.82) is 0 Å². The number of hydrogen-bond donors (Lipinski definition) is 2. The van der Waals surface area contributed by atoms with Crippen LogP contribution in [0.4, 0.5) is 10.7 Å². The summed E-state index contributed by atoms with van der Waals surface area (Å²) in [6.07, 6.45) is 1.34. The molecule has 0 unspecified atom stereocenters. The summed E-state index contributed by atoms with van der Waals surface area (Å²) in [6.45, 7) is 0. The van der Waals surface area contributed by atoms with Gasteiger partial charge in [-0.25, -0.2) is 8.42 Å². The van der Waals surface area contributed by atoms with Crippen LogP contribution in [-0.4, -0.2) is 18.0 Å². The Hall–Kier alpha value is -1.19. The molecule has 0 aliphatic rings. The third kappa shape index (κ3) is 2.73. The summed E-state index contributed by atoms with van der Waals surface area (Å²) in [5, 5.41) is 3.89. The molecule has 9 heteroatoms. The molecule has 0 saturated carbocycles. The summed E-state index contributed by atoms with van der Waals surface area (Å²) in [7, 11) is -3.64. The van der Waals surface area contributed by atoms with Crippen molar-refractivity contribution in [3.05, 3.63) is 28.9 Å². The number of nitrogens with two attached hydrogens (primary N) is 1. The first-order chi connectivity index (χ1) is 7.99. The molecule has 0 radical (unpaired) electrons. The molecule has 3 N–H and O–H groups in total. The van der Waals surface area contributed by atoms with Crippen molar-refractivity contribution in [2.75, 3.05) is 10.5 Å². The summed E-state index contributed by atoms with van der Waals surface area (Å²) in [4.78, 5) is 0.0894. The number of nitrogens with zero attached hydrogens (tertiary/aromatic N) is 2. The molecular formula is C8H7BrN4O2S2. The standard InChI is InChI=1S/C8H7BrN4O2S2/c9-6-2-1-5(3-7(6)10)17(14,15)12-8-4-11-13-16-8/h1-4,12H,10H2. The van der Waals surface area contributed by atoms with Crippen molar-refractivity contribution in [3.63, 3.8) is 0 Å². The average molecular weight is 335 g/mol. The lowest BCUT2D eigenvalue weighted by Gasteiger charge is -2.06. The summed E-state index contributed by atoms with van der Waals surface area (Å²) in [6, 6.07) is 4.41. The second-order valence-corrected chi connectivity index (χ2v) is 6.39. The molecule has 0 saturated heterocycles. The first-order valence-electron chi connectivity index (χ1n) is 4.34. The van der Waals surface area contributed by atoms with Crippen LogP contribution in [0, 0.1) is 0 Å².